The first-order valence-electron chi connectivity index (χ1n) is 10.7. The number of aliphatic hydroxyl groups is 2. The van der Waals surface area contributed by atoms with Crippen LogP contribution in [-0.2, 0) is 25.3 Å². The van der Waals surface area contributed by atoms with E-state index in [0.29, 0.717) is 57.5 Å². The third-order valence-corrected chi connectivity index (χ3v) is 9.80. The molecule has 0 bridgehead atoms. The predicted molar refractivity (Wildman–Crippen MR) is 164 cm³/mol. The minimum Gasteiger partial charge on any atom is -0.449 e. The molecule has 0 aromatic rings. The Hall–Kier alpha value is 0.01000. The van der Waals surface area contributed by atoms with E-state index in [1.165, 1.54) is 59.0 Å². The number of rotatable bonds is 25. The zero-order valence-electron chi connectivity index (χ0n) is 20.2. The van der Waals surface area contributed by atoms with Gasteiger partial charge in [-0.1, -0.05) is 11.8 Å². The molecule has 4 N–H and O–H groups in total. The molecule has 2 amide bonds. The quantitative estimate of drug-likeness (QED) is 0.0282. The van der Waals surface area contributed by atoms with E-state index < -0.39 is 16.9 Å². The molecule has 1 unspecified atom stereocenters. The summed E-state index contributed by atoms with van der Waals surface area (Å²) in [5, 5.41) is 23.2. The Labute approximate surface area is 245 Å². The van der Waals surface area contributed by atoms with Crippen molar-refractivity contribution in [1.82, 2.24) is 10.6 Å². The van der Waals surface area contributed by atoms with Crippen LogP contribution in [0.25, 0.3) is 0 Å². The Balaban J connectivity index is 3.49. The molecule has 0 radical (unpaired) electrons. The number of aliphatic imine (C=N–C) groups is 2. The number of hydrogen-bond donors (Lipinski definition) is 4. The number of alkyl carbamates (subject to hydrolysis) is 1. The van der Waals surface area contributed by atoms with E-state index in [1.54, 1.807) is 11.8 Å². The lowest BCUT2D eigenvalue weighted by Gasteiger charge is -2.05. The highest BCUT2D eigenvalue weighted by Gasteiger charge is 2.03. The summed E-state index contributed by atoms with van der Waals surface area (Å²) in [4.78, 5) is 40.8. The van der Waals surface area contributed by atoms with Crippen molar-refractivity contribution in [3.8, 4) is 0 Å². The van der Waals surface area contributed by atoms with Crippen LogP contribution in [0.15, 0.2) is 9.98 Å². The highest BCUT2D eigenvalue weighted by molar-refractivity contribution is 8.27. The Bertz CT molecular complexity index is 653. The zero-order chi connectivity index (χ0) is 27.2. The minimum atomic E-state index is -1.24. The van der Waals surface area contributed by atoms with Crippen LogP contribution in [0.3, 0.4) is 0 Å². The maximum Gasteiger partial charge on any atom is 0.407 e. The molecule has 0 fully saturated rings. The van der Waals surface area contributed by atoms with Crippen molar-refractivity contribution in [2.45, 2.75) is 0 Å². The van der Waals surface area contributed by atoms with Crippen molar-refractivity contribution >= 4 is 105 Å². The molecule has 0 aliphatic carbocycles. The number of carbonyl (C=O) groups is 2. The number of nitrogens with one attached hydrogen (secondary N) is 2. The summed E-state index contributed by atoms with van der Waals surface area (Å²) in [6.07, 6.45) is 0.697. The summed E-state index contributed by atoms with van der Waals surface area (Å²) in [7, 11) is -1.24. The van der Waals surface area contributed by atoms with Gasteiger partial charge in [0.2, 0.25) is 6.40 Å². The first-order valence-corrected chi connectivity index (χ1v) is 18.8. The number of carbonyl (C=O) groups excluding carboxylic acids is 2. The summed E-state index contributed by atoms with van der Waals surface area (Å²) < 4.78 is 16.8. The molecular weight excluding hydrogens is 625 g/mol. The fraction of sp³-hybridized carbons (Fsp3) is 0.778. The Morgan fingerprint density at radius 1 is 0.865 bits per heavy atom. The molecule has 0 aromatic heterocycles. The Morgan fingerprint density at radius 2 is 1.54 bits per heavy atom. The number of hydrogen-bond acceptors (Lipinski definition) is 16. The second kappa shape index (κ2) is 30.6. The molecule has 216 valence electrons. The third-order valence-electron chi connectivity index (χ3n) is 3.06. The molecule has 0 rings (SSSR count). The van der Waals surface area contributed by atoms with E-state index in [-0.39, 0.29) is 25.1 Å². The van der Waals surface area contributed by atoms with Crippen LogP contribution in [0.1, 0.15) is 0 Å². The fourth-order valence-corrected chi connectivity index (χ4v) is 6.82. The van der Waals surface area contributed by atoms with Crippen molar-refractivity contribution in [3.05, 3.63) is 0 Å². The normalized spacial score (nSPS) is 12.2. The summed E-state index contributed by atoms with van der Waals surface area (Å²) in [5.41, 5.74) is 1.36. The first kappa shape index (κ1) is 37.0. The van der Waals surface area contributed by atoms with Crippen LogP contribution in [0, 0.1) is 0 Å². The van der Waals surface area contributed by atoms with E-state index in [9.17, 15) is 13.8 Å². The van der Waals surface area contributed by atoms with Gasteiger partial charge in [-0.05, 0) is 0 Å². The highest BCUT2D eigenvalue weighted by Crippen LogP contribution is 2.14. The van der Waals surface area contributed by atoms with E-state index in [1.807, 2.05) is 0 Å². The van der Waals surface area contributed by atoms with Gasteiger partial charge in [-0.2, -0.15) is 28.4 Å². The first-order chi connectivity index (χ1) is 18.1. The molecule has 0 saturated heterocycles. The van der Waals surface area contributed by atoms with Gasteiger partial charge < -0.3 is 30.5 Å². The van der Waals surface area contributed by atoms with Gasteiger partial charge in [0.25, 0.3) is 5.24 Å². The molecular formula is C18H34N4O8S7. The van der Waals surface area contributed by atoms with Crippen molar-refractivity contribution in [2.24, 2.45) is 9.98 Å². The lowest BCUT2D eigenvalue weighted by Crippen LogP contribution is -2.24. The second-order valence-electron chi connectivity index (χ2n) is 5.86. The molecule has 0 aromatic carbocycles. The van der Waals surface area contributed by atoms with Crippen LogP contribution in [0.2, 0.25) is 0 Å². The number of amides is 2. The fourth-order valence-electron chi connectivity index (χ4n) is 1.63. The van der Waals surface area contributed by atoms with Gasteiger partial charge in [-0.15, -0.1) is 35.3 Å². The monoisotopic (exact) mass is 658 g/mol. The van der Waals surface area contributed by atoms with Gasteiger partial charge in [0.05, 0.1) is 58.2 Å². The Morgan fingerprint density at radius 3 is 2.27 bits per heavy atom. The van der Waals surface area contributed by atoms with Crippen molar-refractivity contribution in [1.29, 1.82) is 0 Å². The lowest BCUT2D eigenvalue weighted by atomic mass is 10.8. The summed E-state index contributed by atoms with van der Waals surface area (Å²) in [5.74, 6) is 4.13. The molecule has 19 heteroatoms. The molecule has 1 atom stereocenters. The lowest BCUT2D eigenvalue weighted by molar-refractivity contribution is -0.210. The molecule has 12 nitrogen and oxygen atoms in total. The van der Waals surface area contributed by atoms with Crippen molar-refractivity contribution < 1.29 is 38.5 Å². The number of ether oxygens (including phenoxy) is 1. The summed E-state index contributed by atoms with van der Waals surface area (Å²) in [6.45, 7) is 0.933. The van der Waals surface area contributed by atoms with E-state index in [2.05, 4.69) is 20.6 Å². The molecule has 37 heavy (non-hydrogen) atoms. The van der Waals surface area contributed by atoms with Gasteiger partial charge in [0.1, 0.15) is 13.2 Å². The molecule has 0 spiro atoms. The van der Waals surface area contributed by atoms with Crippen LogP contribution >= 0.6 is 70.6 Å². The number of aliphatic hydroxyl groups excluding tert-OH is 2. The smallest absolute Gasteiger partial charge is 0.407 e. The molecule has 0 aliphatic heterocycles. The van der Waals surface area contributed by atoms with Crippen LogP contribution < -0.4 is 10.6 Å². The highest BCUT2D eigenvalue weighted by atomic mass is 32.2. The molecule has 0 aliphatic rings. The van der Waals surface area contributed by atoms with Gasteiger partial charge in [-0.25, -0.2) is 9.79 Å². The minimum absolute atomic E-state index is 0.104. The van der Waals surface area contributed by atoms with Crippen LogP contribution in [0.4, 0.5) is 9.59 Å². The van der Waals surface area contributed by atoms with Gasteiger partial charge >= 0.3 is 6.09 Å². The van der Waals surface area contributed by atoms with Crippen molar-refractivity contribution in [3.63, 3.8) is 0 Å². The van der Waals surface area contributed by atoms with Gasteiger partial charge in [0, 0.05) is 28.1 Å². The second-order valence-corrected chi connectivity index (χ2v) is 14.1. The maximum atomic E-state index is 11.9. The van der Waals surface area contributed by atoms with E-state index in [0.717, 1.165) is 17.5 Å². The predicted octanol–water partition coefficient (Wildman–Crippen LogP) is 2.30. The standard InChI is InChI=1S/C18H34N4O8S7/c23-1-5-31-7-3-28-17(25)21-12-34-11-20-14-37(27)16-35-15-36-18(26)22-13-33-10-19-9-30-29-4-8-32-6-2-24/h9,14,23-24H,1-8,10-13,15-16H2,(H,21,25)(H,22,26)/b19-9+,20-14+. The average Bonchev–Trinajstić information content (AvgIpc) is 2.89. The number of nitrogens with zero attached hydrogens (tertiary/aromatic N) is 2. The Kier molecular flexibility index (Phi) is 30.6. The summed E-state index contributed by atoms with van der Waals surface area (Å²) >= 11 is 8.28. The third kappa shape index (κ3) is 30.4. The number of thioether (sulfide) groups is 6. The van der Waals surface area contributed by atoms with E-state index in [4.69, 9.17) is 24.7 Å². The molecule has 0 saturated carbocycles. The largest absolute Gasteiger partial charge is 0.449 e. The molecule has 0 heterocycles. The zero-order valence-corrected chi connectivity index (χ0v) is 25.9. The van der Waals surface area contributed by atoms with Crippen LogP contribution in [0.5, 0.6) is 0 Å². The average molecular weight is 659 g/mol. The van der Waals surface area contributed by atoms with Crippen molar-refractivity contribution in [2.75, 3.05) is 83.1 Å². The van der Waals surface area contributed by atoms with Gasteiger partial charge in [0.15, 0.2) is 0 Å². The topological polar surface area (TPSA) is 168 Å². The van der Waals surface area contributed by atoms with Gasteiger partial charge in [-0.3, -0.25) is 14.0 Å². The van der Waals surface area contributed by atoms with Crippen LogP contribution in [-0.4, -0.2) is 121 Å². The summed E-state index contributed by atoms with van der Waals surface area (Å²) in [6, 6.07) is 0. The SMILES string of the molecule is O=C(NCSC/N=C/S(=O)CSCSC(=O)NCSC/N=C/OOCCSCCO)OCCSCCO. The van der Waals surface area contributed by atoms with E-state index >= 15 is 0 Å². The maximum absolute atomic E-state index is 11.9.